The normalized spacial score (nSPS) is 10.2. The molecule has 0 aliphatic carbocycles. The zero-order chi connectivity index (χ0) is 18.4. The van der Waals surface area contributed by atoms with Crippen LogP contribution in [-0.4, -0.2) is 22.1 Å². The van der Waals surface area contributed by atoms with Crippen LogP contribution < -0.4 is 16.0 Å². The lowest BCUT2D eigenvalue weighted by Crippen LogP contribution is -2.28. The van der Waals surface area contributed by atoms with Crippen LogP contribution in [0.1, 0.15) is 14.8 Å². The van der Waals surface area contributed by atoms with E-state index in [0.717, 1.165) is 11.3 Å². The molecule has 3 rings (SSSR count). The van der Waals surface area contributed by atoms with Gasteiger partial charge in [-0.15, -0.1) is 10.2 Å². The first-order valence-electron chi connectivity index (χ1n) is 7.59. The number of carbonyl (C=O) groups is 2. The Hall–Kier alpha value is -2.97. The summed E-state index contributed by atoms with van der Waals surface area (Å²) in [6, 6.07) is 15.4. The molecule has 0 radical (unpaired) electrons. The number of nitrogens with one attached hydrogen (secondary N) is 3. The van der Waals surface area contributed by atoms with Gasteiger partial charge in [0.2, 0.25) is 5.01 Å². The number of nitrogens with zero attached hydrogens (tertiary/aromatic N) is 2. The quantitative estimate of drug-likeness (QED) is 0.621. The summed E-state index contributed by atoms with van der Waals surface area (Å²) < 4.78 is 0. The van der Waals surface area contributed by atoms with Crippen LogP contribution in [-0.2, 0) is 6.54 Å². The molecule has 0 saturated heterocycles. The molecule has 0 saturated carbocycles. The van der Waals surface area contributed by atoms with Crippen LogP contribution in [0, 0.1) is 0 Å². The summed E-state index contributed by atoms with van der Waals surface area (Å²) in [4.78, 5) is 24.0. The van der Waals surface area contributed by atoms with Crippen molar-refractivity contribution in [2.24, 2.45) is 0 Å². The van der Waals surface area contributed by atoms with Crippen molar-refractivity contribution in [1.82, 2.24) is 15.5 Å². The summed E-state index contributed by atoms with van der Waals surface area (Å²) in [7, 11) is 0. The Balaban J connectivity index is 1.51. The Morgan fingerprint density at radius 2 is 1.62 bits per heavy atom. The molecule has 0 bridgehead atoms. The van der Waals surface area contributed by atoms with Crippen molar-refractivity contribution in [3.63, 3.8) is 0 Å². The van der Waals surface area contributed by atoms with Gasteiger partial charge in [0, 0.05) is 16.4 Å². The third-order valence-electron chi connectivity index (χ3n) is 3.20. The van der Waals surface area contributed by atoms with E-state index in [1.165, 1.54) is 0 Å². The van der Waals surface area contributed by atoms with Crippen molar-refractivity contribution in [3.05, 3.63) is 69.6 Å². The summed E-state index contributed by atoms with van der Waals surface area (Å²) in [6.45, 7) is 0.162. The van der Waals surface area contributed by atoms with E-state index in [0.29, 0.717) is 21.4 Å². The Labute approximate surface area is 158 Å². The van der Waals surface area contributed by atoms with Crippen LogP contribution >= 0.6 is 22.9 Å². The molecule has 9 heteroatoms. The number of hydrogen-bond acceptors (Lipinski definition) is 5. The van der Waals surface area contributed by atoms with Gasteiger partial charge in [-0.2, -0.15) is 0 Å². The average molecular weight is 388 g/mol. The summed E-state index contributed by atoms with van der Waals surface area (Å²) in [6.07, 6.45) is 0. The number of rotatable bonds is 5. The lowest BCUT2D eigenvalue weighted by Gasteiger charge is -2.05. The largest absolute Gasteiger partial charge is 0.331 e. The second-order valence-electron chi connectivity index (χ2n) is 5.14. The van der Waals surface area contributed by atoms with Crippen LogP contribution in [0.4, 0.5) is 16.2 Å². The van der Waals surface area contributed by atoms with Crippen LogP contribution in [0.5, 0.6) is 0 Å². The zero-order valence-corrected chi connectivity index (χ0v) is 15.0. The first-order valence-corrected chi connectivity index (χ1v) is 8.79. The third-order valence-corrected chi connectivity index (χ3v) is 4.37. The maximum absolute atomic E-state index is 12.1. The van der Waals surface area contributed by atoms with Crippen LogP contribution in [0.3, 0.4) is 0 Å². The molecular formula is C17H14ClN5O2S. The second-order valence-corrected chi connectivity index (χ2v) is 6.63. The molecule has 0 spiro atoms. The lowest BCUT2D eigenvalue weighted by molar-refractivity contribution is 0.102. The second kappa shape index (κ2) is 8.41. The van der Waals surface area contributed by atoms with E-state index in [9.17, 15) is 9.59 Å². The summed E-state index contributed by atoms with van der Waals surface area (Å²) >= 11 is 6.91. The number of amides is 3. The number of aromatic nitrogens is 2. The summed E-state index contributed by atoms with van der Waals surface area (Å²) in [5, 5.41) is 17.2. The minimum Gasteiger partial charge on any atom is -0.331 e. The van der Waals surface area contributed by atoms with Gasteiger partial charge in [-0.1, -0.05) is 41.1 Å². The molecule has 0 fully saturated rings. The number of hydrogen-bond donors (Lipinski definition) is 3. The van der Waals surface area contributed by atoms with Gasteiger partial charge >= 0.3 is 6.03 Å². The van der Waals surface area contributed by atoms with Crippen LogP contribution in [0.15, 0.2) is 54.6 Å². The van der Waals surface area contributed by atoms with E-state index in [4.69, 9.17) is 11.6 Å². The SMILES string of the molecule is O=C(NCc1nnc(C(=O)Nc2ccccc2)s1)Nc1ccc(Cl)cc1. The molecule has 132 valence electrons. The predicted octanol–water partition coefficient (Wildman–Crippen LogP) is 3.77. The average Bonchev–Trinajstić information content (AvgIpc) is 3.12. The summed E-state index contributed by atoms with van der Waals surface area (Å²) in [5.74, 6) is -0.342. The van der Waals surface area contributed by atoms with Gasteiger partial charge in [0.15, 0.2) is 0 Å². The first kappa shape index (κ1) is 17.8. The first-order chi connectivity index (χ1) is 12.6. The van der Waals surface area contributed by atoms with Crippen molar-refractivity contribution in [2.45, 2.75) is 6.54 Å². The number of carbonyl (C=O) groups excluding carboxylic acids is 2. The lowest BCUT2D eigenvalue weighted by atomic mass is 10.3. The molecule has 0 aliphatic heterocycles. The molecule has 7 nitrogen and oxygen atoms in total. The van der Waals surface area contributed by atoms with E-state index in [-0.39, 0.29) is 17.5 Å². The summed E-state index contributed by atoms with van der Waals surface area (Å²) in [5.41, 5.74) is 1.29. The molecule has 1 aromatic heterocycles. The van der Waals surface area contributed by atoms with Gasteiger partial charge in [-0.25, -0.2) is 4.79 Å². The smallest absolute Gasteiger partial charge is 0.319 e. The number of benzene rings is 2. The fraction of sp³-hybridized carbons (Fsp3) is 0.0588. The molecule has 0 unspecified atom stereocenters. The molecule has 26 heavy (non-hydrogen) atoms. The van der Waals surface area contributed by atoms with Crippen molar-refractivity contribution >= 4 is 46.3 Å². The fourth-order valence-electron chi connectivity index (χ4n) is 1.99. The van der Waals surface area contributed by atoms with Gasteiger partial charge in [0.05, 0.1) is 6.54 Å². The zero-order valence-electron chi connectivity index (χ0n) is 13.4. The van der Waals surface area contributed by atoms with Crippen molar-refractivity contribution in [3.8, 4) is 0 Å². The van der Waals surface area contributed by atoms with E-state index >= 15 is 0 Å². The van der Waals surface area contributed by atoms with Crippen molar-refractivity contribution in [2.75, 3.05) is 10.6 Å². The number of urea groups is 1. The van der Waals surface area contributed by atoms with Gasteiger partial charge < -0.3 is 16.0 Å². The fourth-order valence-corrected chi connectivity index (χ4v) is 2.79. The molecule has 3 amide bonds. The van der Waals surface area contributed by atoms with Gasteiger partial charge in [-0.05, 0) is 36.4 Å². The Morgan fingerprint density at radius 1 is 0.923 bits per heavy atom. The van der Waals surface area contributed by atoms with Gasteiger partial charge in [0.1, 0.15) is 5.01 Å². The molecule has 0 atom stereocenters. The third kappa shape index (κ3) is 5.01. The minimum atomic E-state index is -0.391. The van der Waals surface area contributed by atoms with Crippen LogP contribution in [0.2, 0.25) is 5.02 Å². The van der Waals surface area contributed by atoms with Gasteiger partial charge in [0.25, 0.3) is 5.91 Å². The minimum absolute atomic E-state index is 0.162. The Bertz CT molecular complexity index is 899. The molecule has 1 heterocycles. The van der Waals surface area contributed by atoms with E-state index in [1.807, 2.05) is 18.2 Å². The highest BCUT2D eigenvalue weighted by atomic mass is 35.5. The van der Waals surface area contributed by atoms with Gasteiger partial charge in [-0.3, -0.25) is 4.79 Å². The standard InChI is InChI=1S/C17H14ClN5O2S/c18-11-6-8-13(9-7-11)21-17(25)19-10-14-22-23-16(26-14)15(24)20-12-4-2-1-3-5-12/h1-9H,10H2,(H,20,24)(H2,19,21,25). The van der Waals surface area contributed by atoms with E-state index < -0.39 is 6.03 Å². The molecule has 3 aromatic rings. The topological polar surface area (TPSA) is 96.0 Å². The number of para-hydroxylation sites is 1. The van der Waals surface area contributed by atoms with E-state index in [1.54, 1.807) is 36.4 Å². The highest BCUT2D eigenvalue weighted by Gasteiger charge is 2.13. The monoisotopic (exact) mass is 387 g/mol. The highest BCUT2D eigenvalue weighted by Crippen LogP contribution is 2.14. The number of halogens is 1. The highest BCUT2D eigenvalue weighted by molar-refractivity contribution is 7.13. The van der Waals surface area contributed by atoms with E-state index in [2.05, 4.69) is 26.1 Å². The van der Waals surface area contributed by atoms with Crippen molar-refractivity contribution in [1.29, 1.82) is 0 Å². The van der Waals surface area contributed by atoms with Crippen molar-refractivity contribution < 1.29 is 9.59 Å². The Kier molecular flexibility index (Phi) is 5.77. The maximum atomic E-state index is 12.1. The molecule has 0 aliphatic rings. The predicted molar refractivity (Wildman–Crippen MR) is 102 cm³/mol. The van der Waals surface area contributed by atoms with Crippen LogP contribution in [0.25, 0.3) is 0 Å². The molecule has 3 N–H and O–H groups in total. The molecule has 2 aromatic carbocycles. The Morgan fingerprint density at radius 3 is 2.35 bits per heavy atom. The number of anilines is 2. The maximum Gasteiger partial charge on any atom is 0.319 e. The molecular weight excluding hydrogens is 374 g/mol.